The SMILES string of the molecule is CCN(CC)CCC[C@H](C)N=C(NC(=O)c1ccccc1C)OC. The van der Waals surface area contributed by atoms with Crippen LogP contribution >= 0.6 is 0 Å². The van der Waals surface area contributed by atoms with E-state index in [2.05, 4.69) is 29.1 Å². The first-order valence-electron chi connectivity index (χ1n) is 8.72. The Bertz CT molecular complexity index is 539. The van der Waals surface area contributed by atoms with E-state index in [-0.39, 0.29) is 18.0 Å². The van der Waals surface area contributed by atoms with Gasteiger partial charge in [-0.3, -0.25) is 10.1 Å². The number of nitrogens with one attached hydrogen (secondary N) is 1. The molecule has 0 bridgehead atoms. The molecule has 0 radical (unpaired) electrons. The van der Waals surface area contributed by atoms with E-state index in [1.165, 1.54) is 7.11 Å². The molecule has 1 aromatic rings. The molecule has 0 unspecified atom stereocenters. The molecule has 0 spiro atoms. The highest BCUT2D eigenvalue weighted by Gasteiger charge is 2.12. The minimum Gasteiger partial charge on any atom is -0.468 e. The lowest BCUT2D eigenvalue weighted by Gasteiger charge is -2.18. The van der Waals surface area contributed by atoms with E-state index in [0.29, 0.717) is 5.56 Å². The standard InChI is InChI=1S/C19H31N3O2/c1-6-22(7-2)14-10-12-16(4)20-19(24-5)21-18(23)17-13-9-8-11-15(17)3/h8-9,11,13,16H,6-7,10,12,14H2,1-5H3,(H,20,21,23)/t16-/m0/s1. The molecule has 0 aromatic heterocycles. The van der Waals surface area contributed by atoms with E-state index >= 15 is 0 Å². The summed E-state index contributed by atoms with van der Waals surface area (Å²) in [6.07, 6.45) is 2.04. The number of aryl methyl sites for hydroxylation is 1. The molecule has 1 rings (SSSR count). The summed E-state index contributed by atoms with van der Waals surface area (Å²) in [7, 11) is 1.53. The largest absolute Gasteiger partial charge is 0.468 e. The molecule has 5 heteroatoms. The molecule has 0 aliphatic heterocycles. The van der Waals surface area contributed by atoms with Crippen molar-refractivity contribution in [3.8, 4) is 0 Å². The fourth-order valence-electron chi connectivity index (χ4n) is 2.54. The Morgan fingerprint density at radius 1 is 1.29 bits per heavy atom. The Morgan fingerprint density at radius 2 is 1.96 bits per heavy atom. The lowest BCUT2D eigenvalue weighted by molar-refractivity contribution is 0.0967. The maximum atomic E-state index is 12.3. The zero-order chi connectivity index (χ0) is 17.9. The van der Waals surface area contributed by atoms with Crippen molar-refractivity contribution in [1.29, 1.82) is 0 Å². The number of ether oxygens (including phenoxy) is 1. The zero-order valence-corrected chi connectivity index (χ0v) is 15.6. The van der Waals surface area contributed by atoms with Crippen LogP contribution in [0.5, 0.6) is 0 Å². The van der Waals surface area contributed by atoms with Gasteiger partial charge in [0, 0.05) is 5.56 Å². The molecule has 1 aromatic carbocycles. The maximum absolute atomic E-state index is 12.3. The predicted molar refractivity (Wildman–Crippen MR) is 99.6 cm³/mol. The monoisotopic (exact) mass is 333 g/mol. The molecular formula is C19H31N3O2. The molecular weight excluding hydrogens is 302 g/mol. The van der Waals surface area contributed by atoms with Crippen LogP contribution in [0, 0.1) is 6.92 Å². The second kappa shape index (κ2) is 10.8. The Labute approximate surface area is 146 Å². The summed E-state index contributed by atoms with van der Waals surface area (Å²) < 4.78 is 5.23. The highest BCUT2D eigenvalue weighted by molar-refractivity contribution is 6.04. The Morgan fingerprint density at radius 3 is 2.54 bits per heavy atom. The predicted octanol–water partition coefficient (Wildman–Crippen LogP) is 3.24. The summed E-state index contributed by atoms with van der Waals surface area (Å²) in [4.78, 5) is 19.2. The number of aliphatic imine (C=N–C) groups is 1. The minimum atomic E-state index is -0.191. The molecule has 1 amide bonds. The van der Waals surface area contributed by atoms with Gasteiger partial charge in [-0.1, -0.05) is 32.0 Å². The second-order valence-corrected chi connectivity index (χ2v) is 5.93. The van der Waals surface area contributed by atoms with Crippen LogP contribution in [-0.4, -0.2) is 49.6 Å². The quantitative estimate of drug-likeness (QED) is 0.587. The van der Waals surface area contributed by atoms with Gasteiger partial charge in [0.05, 0.1) is 13.2 Å². The molecule has 0 fully saturated rings. The van der Waals surface area contributed by atoms with Gasteiger partial charge in [0.1, 0.15) is 0 Å². The van der Waals surface area contributed by atoms with Crippen molar-refractivity contribution in [1.82, 2.24) is 10.2 Å². The molecule has 0 saturated heterocycles. The van der Waals surface area contributed by atoms with Gasteiger partial charge in [-0.2, -0.15) is 0 Å². The summed E-state index contributed by atoms with van der Waals surface area (Å²) in [6, 6.07) is 7.85. The fourth-order valence-corrected chi connectivity index (χ4v) is 2.54. The van der Waals surface area contributed by atoms with Crippen LogP contribution in [0.4, 0.5) is 0 Å². The molecule has 0 aliphatic carbocycles. The number of hydrogen-bond acceptors (Lipinski definition) is 4. The third-order valence-corrected chi connectivity index (χ3v) is 4.13. The van der Waals surface area contributed by atoms with Crippen molar-refractivity contribution in [2.45, 2.75) is 46.6 Å². The lowest BCUT2D eigenvalue weighted by atomic mass is 10.1. The van der Waals surface area contributed by atoms with E-state index in [1.54, 1.807) is 6.07 Å². The fraction of sp³-hybridized carbons (Fsp3) is 0.579. The first-order chi connectivity index (χ1) is 11.5. The second-order valence-electron chi connectivity index (χ2n) is 5.93. The molecule has 0 heterocycles. The molecule has 1 atom stereocenters. The number of carbonyl (C=O) groups is 1. The molecule has 0 aliphatic rings. The molecule has 0 saturated carbocycles. The van der Waals surface area contributed by atoms with E-state index in [4.69, 9.17) is 4.74 Å². The average Bonchev–Trinajstić information content (AvgIpc) is 2.58. The Hall–Kier alpha value is -1.88. The number of amides is 1. The van der Waals surface area contributed by atoms with Gasteiger partial charge in [0.25, 0.3) is 11.9 Å². The summed E-state index contributed by atoms with van der Waals surface area (Å²) in [5, 5.41) is 2.75. The van der Waals surface area contributed by atoms with Crippen molar-refractivity contribution >= 4 is 11.9 Å². The van der Waals surface area contributed by atoms with Gasteiger partial charge in [-0.25, -0.2) is 4.99 Å². The average molecular weight is 333 g/mol. The molecule has 5 nitrogen and oxygen atoms in total. The normalized spacial score (nSPS) is 13.0. The third-order valence-electron chi connectivity index (χ3n) is 4.13. The van der Waals surface area contributed by atoms with E-state index in [0.717, 1.165) is 38.0 Å². The minimum absolute atomic E-state index is 0.104. The molecule has 1 N–H and O–H groups in total. The Kier molecular flexibility index (Phi) is 9.08. The van der Waals surface area contributed by atoms with Crippen molar-refractivity contribution in [3.63, 3.8) is 0 Å². The summed E-state index contributed by atoms with van der Waals surface area (Å²) in [6.45, 7) is 11.5. The number of rotatable bonds is 8. The highest BCUT2D eigenvalue weighted by atomic mass is 16.5. The lowest BCUT2D eigenvalue weighted by Crippen LogP contribution is -2.33. The number of amidine groups is 1. The maximum Gasteiger partial charge on any atom is 0.291 e. The number of methoxy groups -OCH3 is 1. The number of carbonyl (C=O) groups excluding carboxylic acids is 1. The number of benzene rings is 1. The first kappa shape index (κ1) is 20.2. The highest BCUT2D eigenvalue weighted by Crippen LogP contribution is 2.07. The molecule has 24 heavy (non-hydrogen) atoms. The smallest absolute Gasteiger partial charge is 0.291 e. The third kappa shape index (κ3) is 6.71. The number of nitrogens with zero attached hydrogens (tertiary/aromatic N) is 2. The Balaban J connectivity index is 2.56. The summed E-state index contributed by atoms with van der Waals surface area (Å²) >= 11 is 0. The van der Waals surface area contributed by atoms with E-state index < -0.39 is 0 Å². The summed E-state index contributed by atoms with van der Waals surface area (Å²) in [5.41, 5.74) is 1.56. The summed E-state index contributed by atoms with van der Waals surface area (Å²) in [5.74, 6) is -0.191. The van der Waals surface area contributed by atoms with Gasteiger partial charge in [0.15, 0.2) is 0 Å². The van der Waals surface area contributed by atoms with Gasteiger partial charge in [0.2, 0.25) is 0 Å². The van der Waals surface area contributed by atoms with Crippen LogP contribution in [0.2, 0.25) is 0 Å². The van der Waals surface area contributed by atoms with E-state index in [1.807, 2.05) is 32.0 Å². The molecule has 134 valence electrons. The van der Waals surface area contributed by atoms with Crippen LogP contribution in [0.25, 0.3) is 0 Å². The van der Waals surface area contributed by atoms with Crippen LogP contribution in [-0.2, 0) is 4.74 Å². The van der Waals surface area contributed by atoms with Crippen molar-refractivity contribution in [3.05, 3.63) is 35.4 Å². The van der Waals surface area contributed by atoms with Gasteiger partial charge in [-0.15, -0.1) is 0 Å². The van der Waals surface area contributed by atoms with Crippen LogP contribution in [0.15, 0.2) is 29.3 Å². The van der Waals surface area contributed by atoms with Crippen molar-refractivity contribution in [2.24, 2.45) is 4.99 Å². The first-order valence-corrected chi connectivity index (χ1v) is 8.72. The number of hydrogen-bond donors (Lipinski definition) is 1. The van der Waals surface area contributed by atoms with Crippen molar-refractivity contribution in [2.75, 3.05) is 26.7 Å². The van der Waals surface area contributed by atoms with Crippen LogP contribution in [0.3, 0.4) is 0 Å². The van der Waals surface area contributed by atoms with Gasteiger partial charge >= 0.3 is 0 Å². The van der Waals surface area contributed by atoms with Gasteiger partial charge < -0.3 is 9.64 Å². The van der Waals surface area contributed by atoms with Crippen LogP contribution < -0.4 is 5.32 Å². The zero-order valence-electron chi connectivity index (χ0n) is 15.6. The topological polar surface area (TPSA) is 53.9 Å². The van der Waals surface area contributed by atoms with Crippen molar-refractivity contribution < 1.29 is 9.53 Å². The van der Waals surface area contributed by atoms with Crippen LogP contribution in [0.1, 0.15) is 49.5 Å². The van der Waals surface area contributed by atoms with Gasteiger partial charge in [-0.05, 0) is 58.0 Å². The van der Waals surface area contributed by atoms with E-state index in [9.17, 15) is 4.79 Å².